The van der Waals surface area contributed by atoms with E-state index in [2.05, 4.69) is 10.9 Å². The number of terminal acetylenes is 1. The molecule has 0 aliphatic heterocycles. The first-order valence-corrected chi connectivity index (χ1v) is 5.47. The van der Waals surface area contributed by atoms with Gasteiger partial charge >= 0.3 is 0 Å². The average Bonchev–Trinajstić information content (AvgIpc) is 2.37. The van der Waals surface area contributed by atoms with Crippen LogP contribution in [0.25, 0.3) is 10.9 Å². The summed E-state index contributed by atoms with van der Waals surface area (Å²) in [5.74, 6) is 2.74. The van der Waals surface area contributed by atoms with Crippen molar-refractivity contribution in [3.63, 3.8) is 0 Å². The van der Waals surface area contributed by atoms with Crippen LogP contribution in [0.5, 0.6) is 0 Å². The molecule has 0 saturated carbocycles. The molecule has 0 saturated heterocycles. The van der Waals surface area contributed by atoms with Crippen LogP contribution in [0.15, 0.2) is 30.3 Å². The number of pyridine rings is 1. The lowest BCUT2D eigenvalue weighted by Crippen LogP contribution is -2.26. The molecular weight excluding hydrogens is 226 g/mol. The van der Waals surface area contributed by atoms with Crippen LogP contribution in [0.3, 0.4) is 0 Å². The molecule has 0 spiro atoms. The summed E-state index contributed by atoms with van der Waals surface area (Å²) in [4.78, 5) is 17.7. The molecule has 2 N–H and O–H groups in total. The number of amides is 1. The van der Waals surface area contributed by atoms with Crippen molar-refractivity contribution >= 4 is 22.6 Å². The van der Waals surface area contributed by atoms with Gasteiger partial charge in [-0.3, -0.25) is 4.79 Å². The molecule has 90 valence electrons. The minimum absolute atomic E-state index is 0.126. The Morgan fingerprint density at radius 2 is 2.17 bits per heavy atom. The first kappa shape index (κ1) is 11.9. The van der Waals surface area contributed by atoms with Gasteiger partial charge in [-0.25, -0.2) is 4.98 Å². The van der Waals surface area contributed by atoms with E-state index in [1.54, 1.807) is 25.2 Å². The number of nitrogen functional groups attached to an aromatic ring is 1. The number of nitrogens with two attached hydrogens (primary N) is 1. The number of carbonyl (C=O) groups excluding carboxylic acids is 1. The minimum atomic E-state index is -0.126. The van der Waals surface area contributed by atoms with Gasteiger partial charge in [0.1, 0.15) is 5.82 Å². The van der Waals surface area contributed by atoms with Gasteiger partial charge in [0.25, 0.3) is 5.91 Å². The van der Waals surface area contributed by atoms with E-state index in [-0.39, 0.29) is 12.5 Å². The van der Waals surface area contributed by atoms with Crippen molar-refractivity contribution in [2.24, 2.45) is 0 Å². The molecule has 2 rings (SSSR count). The molecular formula is C14H13N3O. The normalized spacial score (nSPS) is 10.0. The van der Waals surface area contributed by atoms with Gasteiger partial charge in [0.2, 0.25) is 0 Å². The zero-order chi connectivity index (χ0) is 13.1. The van der Waals surface area contributed by atoms with Crippen LogP contribution in [0.4, 0.5) is 5.82 Å². The van der Waals surface area contributed by atoms with E-state index >= 15 is 0 Å². The van der Waals surface area contributed by atoms with E-state index in [4.69, 9.17) is 12.2 Å². The Morgan fingerprint density at radius 1 is 1.44 bits per heavy atom. The van der Waals surface area contributed by atoms with Crippen molar-refractivity contribution in [3.8, 4) is 12.3 Å². The highest BCUT2D eigenvalue weighted by molar-refractivity contribution is 5.97. The van der Waals surface area contributed by atoms with Crippen molar-refractivity contribution in [1.82, 2.24) is 9.88 Å². The fourth-order valence-corrected chi connectivity index (χ4v) is 1.70. The Labute approximate surface area is 105 Å². The third-order valence-corrected chi connectivity index (χ3v) is 2.64. The molecule has 1 heterocycles. The number of hydrogen-bond acceptors (Lipinski definition) is 3. The summed E-state index contributed by atoms with van der Waals surface area (Å²) in [6.07, 6.45) is 5.18. The standard InChI is InChI=1S/C14H13N3O/c1-3-8-17(2)14(18)11-5-4-10-6-7-13(15)16-12(10)9-11/h1,4-7,9H,8H2,2H3,(H2,15,16). The summed E-state index contributed by atoms with van der Waals surface area (Å²) in [6, 6.07) is 8.93. The maximum absolute atomic E-state index is 12.0. The lowest BCUT2D eigenvalue weighted by atomic mass is 10.1. The Morgan fingerprint density at radius 3 is 2.89 bits per heavy atom. The van der Waals surface area contributed by atoms with Crippen molar-refractivity contribution in [2.45, 2.75) is 0 Å². The summed E-state index contributed by atoms with van der Waals surface area (Å²) >= 11 is 0. The van der Waals surface area contributed by atoms with Gasteiger partial charge in [0, 0.05) is 18.0 Å². The molecule has 18 heavy (non-hydrogen) atoms. The van der Waals surface area contributed by atoms with Gasteiger partial charge in [-0.15, -0.1) is 6.42 Å². The van der Waals surface area contributed by atoms with Gasteiger partial charge in [-0.1, -0.05) is 12.0 Å². The molecule has 0 bridgehead atoms. The molecule has 1 aromatic heterocycles. The van der Waals surface area contributed by atoms with Gasteiger partial charge in [0.15, 0.2) is 0 Å². The summed E-state index contributed by atoms with van der Waals surface area (Å²) in [7, 11) is 1.67. The lowest BCUT2D eigenvalue weighted by Gasteiger charge is -2.14. The number of fused-ring (bicyclic) bond motifs is 1. The summed E-state index contributed by atoms with van der Waals surface area (Å²) in [5.41, 5.74) is 6.88. The molecule has 4 heteroatoms. The molecule has 1 aromatic carbocycles. The fraction of sp³-hybridized carbons (Fsp3) is 0.143. The van der Waals surface area contributed by atoms with Gasteiger partial charge in [-0.2, -0.15) is 0 Å². The zero-order valence-corrected chi connectivity index (χ0v) is 10.1. The molecule has 0 aliphatic carbocycles. The van der Waals surface area contributed by atoms with Crippen molar-refractivity contribution in [3.05, 3.63) is 35.9 Å². The van der Waals surface area contributed by atoms with Crippen molar-refractivity contribution in [1.29, 1.82) is 0 Å². The van der Waals surface area contributed by atoms with Crippen LogP contribution in [0.1, 0.15) is 10.4 Å². The van der Waals surface area contributed by atoms with E-state index < -0.39 is 0 Å². The number of aromatic nitrogens is 1. The Kier molecular flexibility index (Phi) is 3.16. The smallest absolute Gasteiger partial charge is 0.254 e. The SMILES string of the molecule is C#CCN(C)C(=O)c1ccc2ccc(N)nc2c1. The maximum atomic E-state index is 12.0. The Bertz CT molecular complexity index is 643. The van der Waals surface area contributed by atoms with Crippen LogP contribution in [-0.4, -0.2) is 29.4 Å². The van der Waals surface area contributed by atoms with Crippen LogP contribution < -0.4 is 5.73 Å². The van der Waals surface area contributed by atoms with Crippen LogP contribution in [0, 0.1) is 12.3 Å². The molecule has 0 aliphatic rings. The van der Waals surface area contributed by atoms with Gasteiger partial charge < -0.3 is 10.6 Å². The van der Waals surface area contributed by atoms with Crippen LogP contribution >= 0.6 is 0 Å². The second kappa shape index (κ2) is 4.76. The van der Waals surface area contributed by atoms with Gasteiger partial charge in [0.05, 0.1) is 12.1 Å². The zero-order valence-electron chi connectivity index (χ0n) is 10.1. The minimum Gasteiger partial charge on any atom is -0.384 e. The maximum Gasteiger partial charge on any atom is 0.254 e. The molecule has 0 radical (unpaired) electrons. The van der Waals surface area contributed by atoms with Crippen LogP contribution in [-0.2, 0) is 0 Å². The average molecular weight is 239 g/mol. The third kappa shape index (κ3) is 2.25. The highest BCUT2D eigenvalue weighted by atomic mass is 16.2. The van der Waals surface area contributed by atoms with E-state index in [0.29, 0.717) is 16.9 Å². The summed E-state index contributed by atoms with van der Waals surface area (Å²) in [6.45, 7) is 0.279. The summed E-state index contributed by atoms with van der Waals surface area (Å²) in [5, 5.41) is 0.945. The number of rotatable bonds is 2. The number of carbonyl (C=O) groups is 1. The Hall–Kier alpha value is -2.54. The van der Waals surface area contributed by atoms with E-state index in [0.717, 1.165) is 5.39 Å². The highest BCUT2D eigenvalue weighted by Gasteiger charge is 2.11. The summed E-state index contributed by atoms with van der Waals surface area (Å²) < 4.78 is 0. The number of hydrogen-bond donors (Lipinski definition) is 1. The Balaban J connectivity index is 2.41. The monoisotopic (exact) mass is 239 g/mol. The molecule has 4 nitrogen and oxygen atoms in total. The number of anilines is 1. The number of benzene rings is 1. The second-order valence-electron chi connectivity index (χ2n) is 4.01. The molecule has 1 amide bonds. The first-order valence-electron chi connectivity index (χ1n) is 5.47. The lowest BCUT2D eigenvalue weighted by molar-refractivity contribution is 0.0813. The highest BCUT2D eigenvalue weighted by Crippen LogP contribution is 2.16. The van der Waals surface area contributed by atoms with Gasteiger partial charge in [-0.05, 0) is 24.3 Å². The quantitative estimate of drug-likeness (QED) is 0.808. The topological polar surface area (TPSA) is 59.2 Å². The largest absolute Gasteiger partial charge is 0.384 e. The fourth-order valence-electron chi connectivity index (χ4n) is 1.70. The molecule has 0 unspecified atom stereocenters. The first-order chi connectivity index (χ1) is 8.61. The predicted octanol–water partition coefficient (Wildman–Crippen LogP) is 1.52. The van der Waals surface area contributed by atoms with Crippen molar-refractivity contribution in [2.75, 3.05) is 19.3 Å². The van der Waals surface area contributed by atoms with E-state index in [1.807, 2.05) is 12.1 Å². The second-order valence-corrected chi connectivity index (χ2v) is 4.01. The molecule has 0 atom stereocenters. The predicted molar refractivity (Wildman–Crippen MR) is 71.9 cm³/mol. The van der Waals surface area contributed by atoms with E-state index in [1.165, 1.54) is 4.90 Å². The van der Waals surface area contributed by atoms with Crippen molar-refractivity contribution < 1.29 is 4.79 Å². The van der Waals surface area contributed by atoms with E-state index in [9.17, 15) is 4.79 Å². The third-order valence-electron chi connectivity index (χ3n) is 2.64. The molecule has 2 aromatic rings. The number of nitrogens with zero attached hydrogens (tertiary/aromatic N) is 2. The van der Waals surface area contributed by atoms with Crippen LogP contribution in [0.2, 0.25) is 0 Å². The molecule has 0 fully saturated rings.